The van der Waals surface area contributed by atoms with Crippen molar-refractivity contribution in [1.29, 1.82) is 0 Å². The standard InChI is InChI=1S/C17H29NO2/c1-6-7-13(2)12-20-15-10-8-14(9-11-15)16(18)17(3,4)19-5/h8-11,13,16H,6-7,12,18H2,1-5H3/t13?,16-/m1/s1. The molecule has 1 rings (SSSR count). The lowest BCUT2D eigenvalue weighted by molar-refractivity contribution is -0.0000458. The summed E-state index contributed by atoms with van der Waals surface area (Å²) < 4.78 is 11.2. The third-order valence-corrected chi connectivity index (χ3v) is 3.83. The molecule has 3 heteroatoms. The Morgan fingerprint density at radius 3 is 2.30 bits per heavy atom. The first-order valence-electron chi connectivity index (χ1n) is 7.44. The molecule has 0 aliphatic carbocycles. The van der Waals surface area contributed by atoms with Gasteiger partial charge in [0.15, 0.2) is 0 Å². The summed E-state index contributed by atoms with van der Waals surface area (Å²) >= 11 is 0. The minimum absolute atomic E-state index is 0.152. The Hall–Kier alpha value is -1.06. The number of methoxy groups -OCH3 is 1. The summed E-state index contributed by atoms with van der Waals surface area (Å²) in [6, 6.07) is 7.86. The molecule has 0 fully saturated rings. The third-order valence-electron chi connectivity index (χ3n) is 3.83. The Labute approximate surface area is 123 Å². The molecule has 1 aromatic rings. The van der Waals surface area contributed by atoms with Crippen LogP contribution in [0.1, 0.15) is 52.1 Å². The van der Waals surface area contributed by atoms with Gasteiger partial charge in [-0.05, 0) is 43.9 Å². The van der Waals surface area contributed by atoms with E-state index in [9.17, 15) is 0 Å². The van der Waals surface area contributed by atoms with Crippen molar-refractivity contribution in [2.24, 2.45) is 11.7 Å². The topological polar surface area (TPSA) is 44.5 Å². The van der Waals surface area contributed by atoms with Crippen LogP contribution in [0.2, 0.25) is 0 Å². The van der Waals surface area contributed by atoms with Crippen molar-refractivity contribution in [3.05, 3.63) is 29.8 Å². The van der Waals surface area contributed by atoms with Crippen LogP contribution < -0.4 is 10.5 Å². The van der Waals surface area contributed by atoms with Crippen molar-refractivity contribution in [2.45, 2.75) is 52.2 Å². The first kappa shape index (κ1) is 17.0. The Balaban J connectivity index is 2.60. The Bertz CT molecular complexity index is 386. The molecule has 0 saturated heterocycles. The summed E-state index contributed by atoms with van der Waals surface area (Å²) in [6.07, 6.45) is 2.40. The number of hydrogen-bond acceptors (Lipinski definition) is 3. The van der Waals surface area contributed by atoms with Gasteiger partial charge in [-0.3, -0.25) is 0 Å². The maximum atomic E-state index is 6.23. The molecule has 0 saturated carbocycles. The molecule has 0 spiro atoms. The van der Waals surface area contributed by atoms with Gasteiger partial charge in [0.1, 0.15) is 5.75 Å². The van der Waals surface area contributed by atoms with E-state index in [1.807, 2.05) is 38.1 Å². The fraction of sp³-hybridized carbons (Fsp3) is 0.647. The number of nitrogens with two attached hydrogens (primary N) is 1. The summed E-state index contributed by atoms with van der Waals surface area (Å²) in [6.45, 7) is 9.17. The summed E-state index contributed by atoms with van der Waals surface area (Å²) in [5, 5.41) is 0. The third kappa shape index (κ3) is 4.80. The number of hydrogen-bond donors (Lipinski definition) is 1. The lowest BCUT2D eigenvalue weighted by atomic mass is 9.92. The molecule has 1 unspecified atom stereocenters. The van der Waals surface area contributed by atoms with Crippen LogP contribution in [0.4, 0.5) is 0 Å². The zero-order valence-corrected chi connectivity index (χ0v) is 13.5. The molecule has 1 aromatic carbocycles. The molecule has 0 radical (unpaired) electrons. The maximum Gasteiger partial charge on any atom is 0.119 e. The van der Waals surface area contributed by atoms with Gasteiger partial charge in [-0.25, -0.2) is 0 Å². The molecule has 0 aromatic heterocycles. The van der Waals surface area contributed by atoms with E-state index in [0.717, 1.165) is 17.9 Å². The molecule has 3 nitrogen and oxygen atoms in total. The highest BCUT2D eigenvalue weighted by Gasteiger charge is 2.27. The minimum atomic E-state index is -0.377. The molecular formula is C17H29NO2. The van der Waals surface area contributed by atoms with E-state index in [-0.39, 0.29) is 11.6 Å². The average molecular weight is 279 g/mol. The van der Waals surface area contributed by atoms with Gasteiger partial charge in [0.05, 0.1) is 18.2 Å². The second-order valence-corrected chi connectivity index (χ2v) is 6.06. The molecule has 0 amide bonds. The normalized spacial score (nSPS) is 14.9. The summed E-state index contributed by atoms with van der Waals surface area (Å²) in [7, 11) is 1.69. The Morgan fingerprint density at radius 2 is 1.80 bits per heavy atom. The van der Waals surface area contributed by atoms with E-state index in [1.54, 1.807) is 7.11 Å². The summed E-state index contributed by atoms with van der Waals surface area (Å²) in [5.74, 6) is 1.49. The van der Waals surface area contributed by atoms with Crippen LogP contribution >= 0.6 is 0 Å². The smallest absolute Gasteiger partial charge is 0.119 e. The van der Waals surface area contributed by atoms with Crippen LogP contribution in [0.5, 0.6) is 5.75 Å². The van der Waals surface area contributed by atoms with Crippen molar-refractivity contribution in [3.8, 4) is 5.75 Å². The summed E-state index contributed by atoms with van der Waals surface area (Å²) in [4.78, 5) is 0. The number of ether oxygens (including phenoxy) is 2. The predicted octanol–water partition coefficient (Wildman–Crippen LogP) is 3.93. The van der Waals surface area contributed by atoms with Crippen LogP contribution in [0, 0.1) is 5.92 Å². The first-order valence-corrected chi connectivity index (χ1v) is 7.44. The zero-order valence-electron chi connectivity index (χ0n) is 13.5. The minimum Gasteiger partial charge on any atom is -0.493 e. The quantitative estimate of drug-likeness (QED) is 0.784. The molecule has 0 heterocycles. The highest BCUT2D eigenvalue weighted by atomic mass is 16.5. The van der Waals surface area contributed by atoms with Crippen LogP contribution in [-0.2, 0) is 4.74 Å². The Morgan fingerprint density at radius 1 is 1.20 bits per heavy atom. The van der Waals surface area contributed by atoms with Gasteiger partial charge in [0, 0.05) is 7.11 Å². The van der Waals surface area contributed by atoms with E-state index < -0.39 is 0 Å². The van der Waals surface area contributed by atoms with E-state index in [4.69, 9.17) is 15.2 Å². The van der Waals surface area contributed by atoms with Gasteiger partial charge in [-0.1, -0.05) is 32.4 Å². The van der Waals surface area contributed by atoms with Crippen LogP contribution in [0.3, 0.4) is 0 Å². The first-order chi connectivity index (χ1) is 9.40. The van der Waals surface area contributed by atoms with Gasteiger partial charge in [-0.2, -0.15) is 0 Å². The molecular weight excluding hydrogens is 250 g/mol. The number of benzene rings is 1. The van der Waals surface area contributed by atoms with Crippen molar-refractivity contribution >= 4 is 0 Å². The van der Waals surface area contributed by atoms with Gasteiger partial charge < -0.3 is 15.2 Å². The zero-order chi connectivity index (χ0) is 15.2. The van der Waals surface area contributed by atoms with Crippen LogP contribution in [0.25, 0.3) is 0 Å². The van der Waals surface area contributed by atoms with Crippen molar-refractivity contribution < 1.29 is 9.47 Å². The lowest BCUT2D eigenvalue weighted by Crippen LogP contribution is -2.37. The van der Waals surface area contributed by atoms with Crippen LogP contribution in [0.15, 0.2) is 24.3 Å². The second-order valence-electron chi connectivity index (χ2n) is 6.06. The monoisotopic (exact) mass is 279 g/mol. The van der Waals surface area contributed by atoms with Crippen molar-refractivity contribution in [2.75, 3.05) is 13.7 Å². The molecule has 0 aliphatic rings. The number of rotatable bonds is 8. The van der Waals surface area contributed by atoms with Crippen LogP contribution in [-0.4, -0.2) is 19.3 Å². The van der Waals surface area contributed by atoms with Gasteiger partial charge >= 0.3 is 0 Å². The highest BCUT2D eigenvalue weighted by Crippen LogP contribution is 2.27. The Kier molecular flexibility index (Phi) is 6.50. The van der Waals surface area contributed by atoms with Gasteiger partial charge in [0.25, 0.3) is 0 Å². The molecule has 0 aliphatic heterocycles. The van der Waals surface area contributed by atoms with E-state index >= 15 is 0 Å². The predicted molar refractivity (Wildman–Crippen MR) is 84.0 cm³/mol. The summed E-state index contributed by atoms with van der Waals surface area (Å²) in [5.41, 5.74) is 6.91. The SMILES string of the molecule is CCCC(C)COc1ccc([C@@H](N)C(C)(C)OC)cc1. The fourth-order valence-electron chi connectivity index (χ4n) is 2.11. The second kappa shape index (κ2) is 7.65. The maximum absolute atomic E-state index is 6.23. The van der Waals surface area contributed by atoms with E-state index in [1.165, 1.54) is 12.8 Å². The van der Waals surface area contributed by atoms with E-state index in [2.05, 4.69) is 13.8 Å². The molecule has 20 heavy (non-hydrogen) atoms. The fourth-order valence-corrected chi connectivity index (χ4v) is 2.11. The molecule has 2 atom stereocenters. The molecule has 2 N–H and O–H groups in total. The van der Waals surface area contributed by atoms with Gasteiger partial charge in [-0.15, -0.1) is 0 Å². The van der Waals surface area contributed by atoms with Crippen molar-refractivity contribution in [1.82, 2.24) is 0 Å². The lowest BCUT2D eigenvalue weighted by Gasteiger charge is -2.30. The molecule has 0 bridgehead atoms. The van der Waals surface area contributed by atoms with E-state index in [0.29, 0.717) is 5.92 Å². The molecule has 114 valence electrons. The van der Waals surface area contributed by atoms with Gasteiger partial charge in [0.2, 0.25) is 0 Å². The largest absolute Gasteiger partial charge is 0.493 e. The highest BCUT2D eigenvalue weighted by molar-refractivity contribution is 5.30. The average Bonchev–Trinajstić information content (AvgIpc) is 2.45. The van der Waals surface area contributed by atoms with Crippen molar-refractivity contribution in [3.63, 3.8) is 0 Å².